The average Bonchev–Trinajstić information content (AvgIpc) is 3.19. The topological polar surface area (TPSA) is 75.6 Å². The molecule has 134 valence electrons. The smallest absolute Gasteiger partial charge is 0.249 e. The summed E-state index contributed by atoms with van der Waals surface area (Å²) in [6.07, 6.45) is 5.04. The van der Waals surface area contributed by atoms with Crippen LogP contribution < -0.4 is 14.3 Å². The number of anilines is 1. The number of aromatic nitrogens is 5. The highest BCUT2D eigenvalue weighted by molar-refractivity contribution is 5.61. The quantitative estimate of drug-likeness (QED) is 0.447. The van der Waals surface area contributed by atoms with E-state index in [2.05, 4.69) is 32.3 Å². The molecule has 1 N–H and O–H groups in total. The van der Waals surface area contributed by atoms with Crippen LogP contribution in [0.1, 0.15) is 0 Å². The van der Waals surface area contributed by atoms with Crippen molar-refractivity contribution in [3.05, 3.63) is 78.4 Å². The molecule has 0 spiro atoms. The molecule has 0 amide bonds. The lowest BCUT2D eigenvalue weighted by molar-refractivity contribution is -0.661. The van der Waals surface area contributed by atoms with Gasteiger partial charge in [-0.1, -0.05) is 11.3 Å². The number of benzene rings is 1. The van der Waals surface area contributed by atoms with E-state index in [1.165, 1.54) is 6.20 Å². The van der Waals surface area contributed by atoms with Gasteiger partial charge >= 0.3 is 0 Å². The highest BCUT2D eigenvalue weighted by Crippen LogP contribution is 2.20. The molecule has 0 saturated heterocycles. The van der Waals surface area contributed by atoms with E-state index in [1.807, 2.05) is 50.6 Å². The molecule has 0 unspecified atom stereocenters. The SMILES string of the molecule is CN(C)c1ccc(-c2c[n+](-c3cc[n+]([O-])c(-c4ccccn4)c3)[nH]n2)cc1. The highest BCUT2D eigenvalue weighted by atomic mass is 16.5. The number of nitrogens with one attached hydrogen (secondary N) is 1. The van der Waals surface area contributed by atoms with Gasteiger partial charge in [-0.25, -0.2) is 4.98 Å². The largest absolute Gasteiger partial charge is 0.618 e. The van der Waals surface area contributed by atoms with Gasteiger partial charge in [-0.2, -0.15) is 4.73 Å². The lowest BCUT2D eigenvalue weighted by atomic mass is 10.1. The maximum absolute atomic E-state index is 12.2. The van der Waals surface area contributed by atoms with Crippen LogP contribution in [0.2, 0.25) is 0 Å². The predicted molar refractivity (Wildman–Crippen MR) is 102 cm³/mol. The second kappa shape index (κ2) is 6.87. The Balaban J connectivity index is 1.67. The van der Waals surface area contributed by atoms with E-state index >= 15 is 0 Å². The summed E-state index contributed by atoms with van der Waals surface area (Å²) in [6, 6.07) is 17.2. The lowest BCUT2D eigenvalue weighted by Crippen LogP contribution is -2.36. The second-order valence-corrected chi connectivity index (χ2v) is 6.35. The van der Waals surface area contributed by atoms with Gasteiger partial charge in [-0.3, -0.25) is 0 Å². The number of H-pyrrole nitrogens is 1. The van der Waals surface area contributed by atoms with E-state index in [-0.39, 0.29) is 0 Å². The molecule has 0 aliphatic heterocycles. The summed E-state index contributed by atoms with van der Waals surface area (Å²) in [5.74, 6) is 0. The van der Waals surface area contributed by atoms with Crippen molar-refractivity contribution < 1.29 is 9.41 Å². The standard InChI is InChI=1S/C20H18N6O/c1-24(2)16-8-6-15(7-9-16)19-14-25(23-22-19)17-10-12-26(27)20(13-17)18-5-3-4-11-21-18/h3-14H,1-2H3/p+1. The van der Waals surface area contributed by atoms with Crippen LogP contribution in [0.4, 0.5) is 5.69 Å². The normalized spacial score (nSPS) is 10.7. The first kappa shape index (κ1) is 16.7. The third-order valence-electron chi connectivity index (χ3n) is 4.32. The Labute approximate surface area is 156 Å². The van der Waals surface area contributed by atoms with Gasteiger partial charge in [0.05, 0.1) is 12.1 Å². The van der Waals surface area contributed by atoms with Gasteiger partial charge in [-0.05, 0) is 36.4 Å². The van der Waals surface area contributed by atoms with Crippen LogP contribution in [-0.4, -0.2) is 29.4 Å². The molecule has 0 saturated carbocycles. The second-order valence-electron chi connectivity index (χ2n) is 6.35. The molecule has 7 nitrogen and oxygen atoms in total. The van der Waals surface area contributed by atoms with Gasteiger partial charge in [0.2, 0.25) is 11.4 Å². The summed E-state index contributed by atoms with van der Waals surface area (Å²) in [5, 5.41) is 19.5. The first-order chi connectivity index (χ1) is 13.1. The van der Waals surface area contributed by atoms with Crippen LogP contribution in [0, 0.1) is 5.21 Å². The highest BCUT2D eigenvalue weighted by Gasteiger charge is 2.18. The van der Waals surface area contributed by atoms with E-state index in [9.17, 15) is 5.21 Å². The molecule has 4 rings (SSSR count). The van der Waals surface area contributed by atoms with Gasteiger partial charge in [0.25, 0.3) is 0 Å². The minimum absolute atomic E-state index is 0.479. The summed E-state index contributed by atoms with van der Waals surface area (Å²) < 4.78 is 2.59. The molecule has 4 aromatic rings. The molecule has 1 aromatic carbocycles. The molecule has 3 aromatic heterocycles. The molecule has 0 radical (unpaired) electrons. The lowest BCUT2D eigenvalue weighted by Gasteiger charge is -2.11. The average molecular weight is 359 g/mol. The Bertz CT molecular complexity index is 1060. The molecule has 3 heterocycles. The van der Waals surface area contributed by atoms with Crippen molar-refractivity contribution in [1.82, 2.24) is 15.3 Å². The number of hydrogen-bond donors (Lipinski definition) is 1. The molecule has 0 aliphatic rings. The monoisotopic (exact) mass is 359 g/mol. The minimum Gasteiger partial charge on any atom is -0.618 e. The Morgan fingerprint density at radius 2 is 1.81 bits per heavy atom. The van der Waals surface area contributed by atoms with Gasteiger partial charge in [0, 0.05) is 36.6 Å². The number of pyridine rings is 2. The van der Waals surface area contributed by atoms with Gasteiger partial charge in [-0.15, -0.1) is 4.68 Å². The maximum atomic E-state index is 12.2. The summed E-state index contributed by atoms with van der Waals surface area (Å²) in [6.45, 7) is 0. The van der Waals surface area contributed by atoms with E-state index in [1.54, 1.807) is 23.0 Å². The van der Waals surface area contributed by atoms with Crippen LogP contribution in [0.5, 0.6) is 0 Å². The molecular formula is C20H19N6O+. The van der Waals surface area contributed by atoms with Crippen LogP contribution in [0.25, 0.3) is 28.3 Å². The van der Waals surface area contributed by atoms with E-state index < -0.39 is 0 Å². The summed E-state index contributed by atoms with van der Waals surface area (Å²) in [4.78, 5) is 6.31. The molecule has 0 fully saturated rings. The summed E-state index contributed by atoms with van der Waals surface area (Å²) in [7, 11) is 4.02. The Kier molecular flexibility index (Phi) is 4.25. The Morgan fingerprint density at radius 1 is 1.00 bits per heavy atom. The first-order valence-electron chi connectivity index (χ1n) is 8.51. The number of nitrogens with zero attached hydrogens (tertiary/aromatic N) is 5. The molecular weight excluding hydrogens is 340 g/mol. The number of hydrogen-bond acceptors (Lipinski definition) is 4. The van der Waals surface area contributed by atoms with E-state index in [0.717, 1.165) is 27.4 Å². The van der Waals surface area contributed by atoms with Crippen LogP contribution in [0.3, 0.4) is 0 Å². The zero-order valence-electron chi connectivity index (χ0n) is 15.1. The zero-order chi connectivity index (χ0) is 18.8. The maximum Gasteiger partial charge on any atom is 0.249 e. The van der Waals surface area contributed by atoms with Gasteiger partial charge in [0.1, 0.15) is 5.69 Å². The van der Waals surface area contributed by atoms with Crippen molar-refractivity contribution in [1.29, 1.82) is 0 Å². The fraction of sp³-hybridized carbons (Fsp3) is 0.100. The minimum atomic E-state index is 0.479. The number of aromatic amines is 1. The molecule has 0 atom stereocenters. The zero-order valence-corrected chi connectivity index (χ0v) is 15.1. The van der Waals surface area contributed by atoms with Crippen molar-refractivity contribution in [2.75, 3.05) is 19.0 Å². The van der Waals surface area contributed by atoms with Gasteiger partial charge < -0.3 is 10.1 Å². The van der Waals surface area contributed by atoms with Gasteiger partial charge in [0.15, 0.2) is 18.1 Å². The fourth-order valence-corrected chi connectivity index (χ4v) is 2.82. The third-order valence-corrected chi connectivity index (χ3v) is 4.32. The number of rotatable bonds is 4. The third kappa shape index (κ3) is 3.35. The van der Waals surface area contributed by atoms with Crippen molar-refractivity contribution in [2.24, 2.45) is 0 Å². The molecule has 0 bridgehead atoms. The van der Waals surface area contributed by atoms with Crippen LogP contribution >= 0.6 is 0 Å². The molecule has 27 heavy (non-hydrogen) atoms. The van der Waals surface area contributed by atoms with Crippen molar-refractivity contribution >= 4 is 5.69 Å². The summed E-state index contributed by atoms with van der Waals surface area (Å²) in [5.41, 5.74) is 4.85. The van der Waals surface area contributed by atoms with Crippen molar-refractivity contribution in [2.45, 2.75) is 0 Å². The van der Waals surface area contributed by atoms with Crippen molar-refractivity contribution in [3.8, 4) is 28.3 Å². The van der Waals surface area contributed by atoms with Crippen LogP contribution in [-0.2, 0) is 0 Å². The van der Waals surface area contributed by atoms with E-state index in [0.29, 0.717) is 11.4 Å². The summed E-state index contributed by atoms with van der Waals surface area (Å²) >= 11 is 0. The molecule has 7 heteroatoms. The van der Waals surface area contributed by atoms with Crippen molar-refractivity contribution in [3.63, 3.8) is 0 Å². The van der Waals surface area contributed by atoms with Crippen LogP contribution in [0.15, 0.2) is 73.2 Å². The Morgan fingerprint density at radius 3 is 2.52 bits per heavy atom. The molecule has 0 aliphatic carbocycles. The Hall–Kier alpha value is -3.74. The first-order valence-corrected chi connectivity index (χ1v) is 8.51. The fourth-order valence-electron chi connectivity index (χ4n) is 2.82. The predicted octanol–water partition coefficient (Wildman–Crippen LogP) is 2.11. The van der Waals surface area contributed by atoms with E-state index in [4.69, 9.17) is 0 Å².